The van der Waals surface area contributed by atoms with E-state index in [0.29, 0.717) is 10.6 Å². The third kappa shape index (κ3) is 2.79. The van der Waals surface area contributed by atoms with Crippen molar-refractivity contribution in [3.63, 3.8) is 0 Å². The first kappa shape index (κ1) is 15.6. The number of halogens is 1. The predicted molar refractivity (Wildman–Crippen MR) is 100 cm³/mol. The van der Waals surface area contributed by atoms with Crippen molar-refractivity contribution in [3.05, 3.63) is 79.6 Å². The van der Waals surface area contributed by atoms with E-state index in [4.69, 9.17) is 11.6 Å². The Morgan fingerprint density at radius 3 is 2.58 bits per heavy atom. The Kier molecular flexibility index (Phi) is 4.22. The second kappa shape index (κ2) is 6.51. The van der Waals surface area contributed by atoms with Crippen LogP contribution in [0.25, 0.3) is 0 Å². The Bertz CT molecular complexity index is 888. The lowest BCUT2D eigenvalue weighted by atomic mass is 10.1. The van der Waals surface area contributed by atoms with Crippen LogP contribution in [0.4, 0.5) is 0 Å². The molecular weight excluding hydrogens is 360 g/mol. The molecule has 0 spiro atoms. The summed E-state index contributed by atoms with van der Waals surface area (Å²) >= 11 is 9.50. The highest BCUT2D eigenvalue weighted by atomic mass is 35.5. The summed E-state index contributed by atoms with van der Waals surface area (Å²) in [5.74, 6) is -0.162. The van der Waals surface area contributed by atoms with E-state index in [-0.39, 0.29) is 11.9 Å². The van der Waals surface area contributed by atoms with Gasteiger partial charge in [0, 0.05) is 11.3 Å². The first-order valence-electron chi connectivity index (χ1n) is 7.47. The van der Waals surface area contributed by atoms with E-state index in [1.165, 1.54) is 0 Å². The van der Waals surface area contributed by atoms with Gasteiger partial charge in [0.15, 0.2) is 0 Å². The van der Waals surface area contributed by atoms with E-state index in [1.54, 1.807) is 39.8 Å². The number of hydrogen-bond acceptors (Lipinski definition) is 4. The molecule has 0 saturated heterocycles. The molecule has 0 bridgehead atoms. The normalized spacial score (nSPS) is 17.1. The van der Waals surface area contributed by atoms with Crippen LogP contribution in [-0.2, 0) is 0 Å². The van der Waals surface area contributed by atoms with Crippen LogP contribution in [0.3, 0.4) is 0 Å². The van der Waals surface area contributed by atoms with Gasteiger partial charge in [-0.15, -0.1) is 22.7 Å². The standard InChI is InChI=1S/C18H13ClN2OS2/c19-13-6-2-1-5-12(13)18(22)21-15(17-8-4-10-24-17)11-14(20-21)16-7-3-9-23-16/h1-10,15H,11H2/t15-/m1/s1. The van der Waals surface area contributed by atoms with Crippen molar-refractivity contribution in [2.75, 3.05) is 0 Å². The Hall–Kier alpha value is -1.95. The smallest absolute Gasteiger partial charge is 0.267 e. The molecule has 0 radical (unpaired) electrons. The average Bonchev–Trinajstić information content (AvgIpc) is 3.33. The van der Waals surface area contributed by atoms with Crippen molar-refractivity contribution < 1.29 is 4.79 Å². The molecule has 0 aliphatic carbocycles. The van der Waals surface area contributed by atoms with E-state index in [1.807, 2.05) is 41.1 Å². The predicted octanol–water partition coefficient (Wildman–Crippen LogP) is 5.45. The number of amides is 1. The fourth-order valence-corrected chi connectivity index (χ4v) is 4.50. The van der Waals surface area contributed by atoms with Crippen molar-refractivity contribution in [2.24, 2.45) is 5.10 Å². The van der Waals surface area contributed by atoms with Crippen LogP contribution in [0.1, 0.15) is 32.6 Å². The second-order valence-corrected chi connectivity index (χ2v) is 7.72. The lowest BCUT2D eigenvalue weighted by Crippen LogP contribution is -2.26. The van der Waals surface area contributed by atoms with Crippen LogP contribution >= 0.6 is 34.3 Å². The molecule has 0 N–H and O–H groups in total. The molecule has 1 aliphatic heterocycles. The van der Waals surface area contributed by atoms with Gasteiger partial charge < -0.3 is 0 Å². The topological polar surface area (TPSA) is 32.7 Å². The molecule has 120 valence electrons. The van der Waals surface area contributed by atoms with E-state index in [2.05, 4.69) is 11.2 Å². The molecule has 1 amide bonds. The van der Waals surface area contributed by atoms with Crippen molar-refractivity contribution in [1.29, 1.82) is 0 Å². The zero-order valence-electron chi connectivity index (χ0n) is 12.6. The molecule has 3 nitrogen and oxygen atoms in total. The van der Waals surface area contributed by atoms with Crippen molar-refractivity contribution in [2.45, 2.75) is 12.5 Å². The average molecular weight is 373 g/mol. The number of rotatable bonds is 3. The van der Waals surface area contributed by atoms with Gasteiger partial charge >= 0.3 is 0 Å². The van der Waals surface area contributed by atoms with Crippen LogP contribution in [0.2, 0.25) is 5.02 Å². The van der Waals surface area contributed by atoms with Gasteiger partial charge in [-0.2, -0.15) is 5.10 Å². The second-order valence-electron chi connectivity index (χ2n) is 5.39. The maximum Gasteiger partial charge on any atom is 0.276 e. The number of thiophene rings is 2. The number of hydrazone groups is 1. The minimum Gasteiger partial charge on any atom is -0.267 e. The van der Waals surface area contributed by atoms with Gasteiger partial charge in [-0.05, 0) is 35.0 Å². The molecule has 3 heterocycles. The van der Waals surface area contributed by atoms with Crippen molar-refractivity contribution in [3.8, 4) is 0 Å². The third-order valence-electron chi connectivity index (χ3n) is 3.90. The number of hydrogen-bond donors (Lipinski definition) is 0. The summed E-state index contributed by atoms with van der Waals surface area (Å²) in [6.45, 7) is 0. The Labute approximate surface area is 152 Å². The molecule has 6 heteroatoms. The molecule has 2 aromatic heterocycles. The van der Waals surface area contributed by atoms with Gasteiger partial charge in [-0.1, -0.05) is 35.9 Å². The minimum atomic E-state index is -0.162. The molecule has 1 aromatic carbocycles. The first-order valence-corrected chi connectivity index (χ1v) is 9.60. The van der Waals surface area contributed by atoms with E-state index >= 15 is 0 Å². The largest absolute Gasteiger partial charge is 0.276 e. The van der Waals surface area contributed by atoms with E-state index in [9.17, 15) is 4.79 Å². The van der Waals surface area contributed by atoms with Gasteiger partial charge in [-0.25, -0.2) is 5.01 Å². The van der Waals surface area contributed by atoms with Gasteiger partial charge in [-0.3, -0.25) is 4.79 Å². The molecule has 1 aliphatic rings. The molecule has 24 heavy (non-hydrogen) atoms. The van der Waals surface area contributed by atoms with Crippen LogP contribution < -0.4 is 0 Å². The first-order chi connectivity index (χ1) is 11.7. The fraction of sp³-hybridized carbons (Fsp3) is 0.111. The third-order valence-corrected chi connectivity index (χ3v) is 6.12. The van der Waals surface area contributed by atoms with Gasteiger partial charge in [0.05, 0.1) is 27.2 Å². The van der Waals surface area contributed by atoms with Gasteiger partial charge in [0.25, 0.3) is 5.91 Å². The van der Waals surface area contributed by atoms with E-state index in [0.717, 1.165) is 21.9 Å². The van der Waals surface area contributed by atoms with Crippen LogP contribution in [-0.4, -0.2) is 16.6 Å². The molecule has 3 aromatic rings. The van der Waals surface area contributed by atoms with Crippen molar-refractivity contribution >= 4 is 45.9 Å². The Morgan fingerprint density at radius 2 is 1.88 bits per heavy atom. The highest BCUT2D eigenvalue weighted by Gasteiger charge is 2.35. The zero-order chi connectivity index (χ0) is 16.5. The number of nitrogens with zero attached hydrogens (tertiary/aromatic N) is 2. The molecule has 0 fully saturated rings. The summed E-state index contributed by atoms with van der Waals surface area (Å²) in [5, 5.41) is 10.7. The summed E-state index contributed by atoms with van der Waals surface area (Å²) in [7, 11) is 0. The highest BCUT2D eigenvalue weighted by Crippen LogP contribution is 2.37. The summed E-state index contributed by atoms with van der Waals surface area (Å²) in [4.78, 5) is 15.3. The zero-order valence-corrected chi connectivity index (χ0v) is 14.9. The van der Waals surface area contributed by atoms with Gasteiger partial charge in [0.2, 0.25) is 0 Å². The lowest BCUT2D eigenvalue weighted by Gasteiger charge is -2.21. The Balaban J connectivity index is 1.74. The number of carbonyl (C=O) groups excluding carboxylic acids is 1. The maximum absolute atomic E-state index is 13.0. The van der Waals surface area contributed by atoms with Crippen molar-refractivity contribution in [1.82, 2.24) is 5.01 Å². The van der Waals surface area contributed by atoms with Crippen LogP contribution in [0.5, 0.6) is 0 Å². The molecule has 4 rings (SSSR count). The molecule has 0 saturated carbocycles. The van der Waals surface area contributed by atoms with Crippen LogP contribution in [0.15, 0.2) is 64.4 Å². The summed E-state index contributed by atoms with van der Waals surface area (Å²) < 4.78 is 0. The van der Waals surface area contributed by atoms with Gasteiger partial charge in [0.1, 0.15) is 0 Å². The highest BCUT2D eigenvalue weighted by molar-refractivity contribution is 7.12. The molecule has 1 atom stereocenters. The monoisotopic (exact) mass is 372 g/mol. The number of carbonyl (C=O) groups is 1. The van der Waals surface area contributed by atoms with E-state index < -0.39 is 0 Å². The Morgan fingerprint density at radius 1 is 1.08 bits per heavy atom. The molecule has 0 unspecified atom stereocenters. The van der Waals surface area contributed by atoms with Crippen LogP contribution in [0, 0.1) is 0 Å². The quantitative estimate of drug-likeness (QED) is 0.601. The number of benzene rings is 1. The minimum absolute atomic E-state index is 0.0779. The SMILES string of the molecule is O=C(c1ccccc1Cl)N1N=C(c2cccs2)C[C@@H]1c1cccs1. The molecular formula is C18H13ClN2OS2. The maximum atomic E-state index is 13.0. The lowest BCUT2D eigenvalue weighted by molar-refractivity contribution is 0.0714. The fourth-order valence-electron chi connectivity index (χ4n) is 2.75. The summed E-state index contributed by atoms with van der Waals surface area (Å²) in [6.07, 6.45) is 0.719. The summed E-state index contributed by atoms with van der Waals surface area (Å²) in [6, 6.07) is 15.1. The summed E-state index contributed by atoms with van der Waals surface area (Å²) in [5.41, 5.74) is 1.43.